The number of benzene rings is 1. The summed E-state index contributed by atoms with van der Waals surface area (Å²) in [7, 11) is 0. The monoisotopic (exact) mass is 291 g/mol. The van der Waals surface area contributed by atoms with Crippen LogP contribution in [0.3, 0.4) is 0 Å². The Morgan fingerprint density at radius 1 is 1.35 bits per heavy atom. The summed E-state index contributed by atoms with van der Waals surface area (Å²) in [4.78, 5) is 0. The lowest BCUT2D eigenvalue weighted by Crippen LogP contribution is -2.33. The fourth-order valence-corrected chi connectivity index (χ4v) is 3.91. The minimum atomic E-state index is 0.565. The predicted octanol–water partition coefficient (Wildman–Crippen LogP) is 4.02. The standard InChI is InChI=1S/C17H25NOS/c1-3-12-19-15-10-8-14(9-11-15)13-18-16-6-5-7-17(16)20-4-2/h3,8-11,16-18H,1,4-7,12-13H2,2H3. The average Bonchev–Trinajstić information content (AvgIpc) is 2.92. The second-order valence-electron chi connectivity index (χ2n) is 5.16. The molecule has 2 unspecified atom stereocenters. The van der Waals surface area contributed by atoms with Gasteiger partial charge in [-0.15, -0.1) is 0 Å². The molecule has 2 atom stereocenters. The van der Waals surface area contributed by atoms with Gasteiger partial charge in [-0.3, -0.25) is 0 Å². The topological polar surface area (TPSA) is 21.3 Å². The van der Waals surface area contributed by atoms with Crippen LogP contribution in [0.25, 0.3) is 0 Å². The maximum Gasteiger partial charge on any atom is 0.119 e. The Balaban J connectivity index is 1.79. The highest BCUT2D eigenvalue weighted by Crippen LogP contribution is 2.30. The molecule has 1 aliphatic rings. The van der Waals surface area contributed by atoms with E-state index in [0.717, 1.165) is 17.5 Å². The fourth-order valence-electron chi connectivity index (χ4n) is 2.68. The highest BCUT2D eigenvalue weighted by atomic mass is 32.2. The van der Waals surface area contributed by atoms with Crippen LogP contribution >= 0.6 is 11.8 Å². The maximum absolute atomic E-state index is 5.50. The summed E-state index contributed by atoms with van der Waals surface area (Å²) in [5.74, 6) is 2.13. The van der Waals surface area contributed by atoms with Crippen LogP contribution in [-0.2, 0) is 6.54 Å². The molecule has 1 aromatic rings. The van der Waals surface area contributed by atoms with E-state index in [9.17, 15) is 0 Å². The number of hydrogen-bond acceptors (Lipinski definition) is 3. The molecule has 2 rings (SSSR count). The van der Waals surface area contributed by atoms with Gasteiger partial charge in [0.05, 0.1) is 0 Å². The van der Waals surface area contributed by atoms with E-state index in [2.05, 4.69) is 42.7 Å². The first-order valence-corrected chi connectivity index (χ1v) is 8.56. The minimum Gasteiger partial charge on any atom is -0.490 e. The molecule has 110 valence electrons. The smallest absolute Gasteiger partial charge is 0.119 e. The minimum absolute atomic E-state index is 0.565. The quantitative estimate of drug-likeness (QED) is 0.731. The molecule has 0 aromatic heterocycles. The zero-order valence-electron chi connectivity index (χ0n) is 12.3. The third-order valence-corrected chi connectivity index (χ3v) is 5.02. The normalized spacial score (nSPS) is 21.9. The van der Waals surface area contributed by atoms with E-state index in [4.69, 9.17) is 4.74 Å². The molecule has 1 N–H and O–H groups in total. The van der Waals surface area contributed by atoms with E-state index in [1.165, 1.54) is 30.6 Å². The van der Waals surface area contributed by atoms with Gasteiger partial charge in [0.1, 0.15) is 12.4 Å². The molecular weight excluding hydrogens is 266 g/mol. The molecule has 1 fully saturated rings. The van der Waals surface area contributed by atoms with Gasteiger partial charge in [0.25, 0.3) is 0 Å². The van der Waals surface area contributed by atoms with E-state index < -0.39 is 0 Å². The average molecular weight is 291 g/mol. The lowest BCUT2D eigenvalue weighted by atomic mass is 10.2. The number of thioether (sulfide) groups is 1. The Bertz CT molecular complexity index is 404. The van der Waals surface area contributed by atoms with Crippen molar-refractivity contribution in [3.63, 3.8) is 0 Å². The second kappa shape index (κ2) is 8.38. The molecule has 0 heterocycles. The molecule has 0 saturated heterocycles. The Morgan fingerprint density at radius 2 is 2.15 bits per heavy atom. The first-order valence-electron chi connectivity index (χ1n) is 7.51. The van der Waals surface area contributed by atoms with Crippen LogP contribution in [-0.4, -0.2) is 23.7 Å². The number of ether oxygens (including phenoxy) is 1. The van der Waals surface area contributed by atoms with Crippen molar-refractivity contribution in [2.75, 3.05) is 12.4 Å². The molecule has 2 nitrogen and oxygen atoms in total. The molecule has 1 saturated carbocycles. The predicted molar refractivity (Wildman–Crippen MR) is 88.5 cm³/mol. The van der Waals surface area contributed by atoms with E-state index >= 15 is 0 Å². The van der Waals surface area contributed by atoms with Crippen molar-refractivity contribution in [3.05, 3.63) is 42.5 Å². The lowest BCUT2D eigenvalue weighted by molar-refractivity contribution is 0.363. The van der Waals surface area contributed by atoms with Crippen molar-refractivity contribution >= 4 is 11.8 Å². The Labute approximate surface area is 127 Å². The van der Waals surface area contributed by atoms with Crippen LogP contribution in [0.2, 0.25) is 0 Å². The van der Waals surface area contributed by atoms with Gasteiger partial charge in [-0.05, 0) is 36.3 Å². The van der Waals surface area contributed by atoms with Crippen LogP contribution in [0.1, 0.15) is 31.7 Å². The van der Waals surface area contributed by atoms with Gasteiger partial charge < -0.3 is 10.1 Å². The van der Waals surface area contributed by atoms with Crippen molar-refractivity contribution in [1.82, 2.24) is 5.32 Å². The number of nitrogens with one attached hydrogen (secondary N) is 1. The van der Waals surface area contributed by atoms with Gasteiger partial charge in [-0.2, -0.15) is 11.8 Å². The third-order valence-electron chi connectivity index (χ3n) is 3.69. The summed E-state index contributed by atoms with van der Waals surface area (Å²) in [5, 5.41) is 4.52. The molecule has 1 aliphatic carbocycles. The zero-order valence-corrected chi connectivity index (χ0v) is 13.1. The summed E-state index contributed by atoms with van der Waals surface area (Å²) >= 11 is 2.10. The Morgan fingerprint density at radius 3 is 2.85 bits per heavy atom. The molecule has 1 aromatic carbocycles. The van der Waals surface area contributed by atoms with Crippen molar-refractivity contribution in [2.24, 2.45) is 0 Å². The van der Waals surface area contributed by atoms with Gasteiger partial charge in [0.15, 0.2) is 0 Å². The van der Waals surface area contributed by atoms with Gasteiger partial charge in [-0.1, -0.05) is 38.1 Å². The van der Waals surface area contributed by atoms with Crippen molar-refractivity contribution in [1.29, 1.82) is 0 Å². The van der Waals surface area contributed by atoms with Crippen LogP contribution < -0.4 is 10.1 Å². The lowest BCUT2D eigenvalue weighted by Gasteiger charge is -2.20. The molecule has 0 spiro atoms. The van der Waals surface area contributed by atoms with Gasteiger partial charge in [0, 0.05) is 17.8 Å². The van der Waals surface area contributed by atoms with E-state index in [-0.39, 0.29) is 0 Å². The van der Waals surface area contributed by atoms with E-state index in [0.29, 0.717) is 12.6 Å². The summed E-state index contributed by atoms with van der Waals surface area (Å²) < 4.78 is 5.50. The van der Waals surface area contributed by atoms with Crippen LogP contribution in [0, 0.1) is 0 Å². The highest BCUT2D eigenvalue weighted by Gasteiger charge is 2.26. The van der Waals surface area contributed by atoms with Crippen molar-refractivity contribution in [2.45, 2.75) is 44.0 Å². The second-order valence-corrected chi connectivity index (χ2v) is 6.67. The Kier molecular flexibility index (Phi) is 6.48. The molecular formula is C17H25NOS. The molecule has 0 aliphatic heterocycles. The summed E-state index contributed by atoms with van der Waals surface area (Å²) in [6.45, 7) is 7.42. The molecule has 20 heavy (non-hydrogen) atoms. The van der Waals surface area contributed by atoms with Crippen LogP contribution in [0.4, 0.5) is 0 Å². The van der Waals surface area contributed by atoms with E-state index in [1.807, 2.05) is 12.1 Å². The van der Waals surface area contributed by atoms with Gasteiger partial charge in [0.2, 0.25) is 0 Å². The van der Waals surface area contributed by atoms with Gasteiger partial charge in [-0.25, -0.2) is 0 Å². The van der Waals surface area contributed by atoms with Gasteiger partial charge >= 0.3 is 0 Å². The Hall–Kier alpha value is -0.930. The first kappa shape index (κ1) is 15.5. The van der Waals surface area contributed by atoms with E-state index in [1.54, 1.807) is 6.08 Å². The summed E-state index contributed by atoms with van der Waals surface area (Å²) in [6.07, 6.45) is 5.81. The third kappa shape index (κ3) is 4.57. The molecule has 3 heteroatoms. The highest BCUT2D eigenvalue weighted by molar-refractivity contribution is 7.99. The van der Waals surface area contributed by atoms with Crippen LogP contribution in [0.15, 0.2) is 36.9 Å². The van der Waals surface area contributed by atoms with Crippen molar-refractivity contribution < 1.29 is 4.74 Å². The summed E-state index contributed by atoms with van der Waals surface area (Å²) in [6, 6.07) is 9.03. The largest absolute Gasteiger partial charge is 0.490 e. The number of hydrogen-bond donors (Lipinski definition) is 1. The number of rotatable bonds is 8. The SMILES string of the molecule is C=CCOc1ccc(CNC2CCCC2SCC)cc1. The molecule has 0 radical (unpaired) electrons. The first-order chi connectivity index (χ1) is 9.83. The summed E-state index contributed by atoms with van der Waals surface area (Å²) in [5.41, 5.74) is 1.32. The van der Waals surface area contributed by atoms with Crippen molar-refractivity contribution in [3.8, 4) is 5.75 Å². The maximum atomic E-state index is 5.50. The van der Waals surface area contributed by atoms with Crippen LogP contribution in [0.5, 0.6) is 5.75 Å². The zero-order chi connectivity index (χ0) is 14.2. The molecule has 0 bridgehead atoms. The fraction of sp³-hybridized carbons (Fsp3) is 0.529. The molecule has 0 amide bonds.